The molecule has 0 amide bonds. The zero-order valence-electron chi connectivity index (χ0n) is 11.7. The largest absolute Gasteiger partial charge is 0.313 e. The normalized spacial score (nSPS) is 16.2. The van der Waals surface area contributed by atoms with Crippen LogP contribution in [0.1, 0.15) is 37.7 Å². The first kappa shape index (κ1) is 13.0. The van der Waals surface area contributed by atoms with E-state index in [0.29, 0.717) is 5.88 Å². The number of hydrogen-bond acceptors (Lipinski definition) is 2. The summed E-state index contributed by atoms with van der Waals surface area (Å²) in [6.07, 6.45) is 5.83. The van der Waals surface area contributed by atoms with Gasteiger partial charge in [-0.1, -0.05) is 13.3 Å². The lowest BCUT2D eigenvalue weighted by molar-refractivity contribution is 0.275. The van der Waals surface area contributed by atoms with Crippen LogP contribution in [-0.2, 0) is 26.4 Å². The number of nitrogens with zero attached hydrogens (tertiary/aromatic N) is 4. The van der Waals surface area contributed by atoms with Crippen LogP contribution in [0.3, 0.4) is 0 Å². The Kier molecular flexibility index (Phi) is 3.52. The van der Waals surface area contributed by atoms with Crippen LogP contribution < -0.4 is 0 Å². The molecule has 0 atom stereocenters. The van der Waals surface area contributed by atoms with Gasteiger partial charge in [0.2, 0.25) is 0 Å². The fourth-order valence-corrected chi connectivity index (χ4v) is 3.09. The molecule has 1 aliphatic rings. The van der Waals surface area contributed by atoms with E-state index in [1.807, 2.05) is 11.7 Å². The molecule has 5 heteroatoms. The molecular weight excluding hydrogens is 260 g/mol. The zero-order chi connectivity index (χ0) is 13.4. The molecule has 0 spiro atoms. The van der Waals surface area contributed by atoms with Gasteiger partial charge in [-0.2, -0.15) is 5.10 Å². The van der Waals surface area contributed by atoms with Crippen molar-refractivity contribution in [2.24, 2.45) is 13.0 Å². The third kappa shape index (κ3) is 2.16. The quantitative estimate of drug-likeness (QED) is 0.790. The number of fused-ring (bicyclic) bond motifs is 1. The molecule has 1 saturated carbocycles. The van der Waals surface area contributed by atoms with Crippen LogP contribution in [0.25, 0.3) is 11.2 Å². The summed E-state index contributed by atoms with van der Waals surface area (Å²) in [5.41, 5.74) is 3.34. The number of imidazole rings is 1. The predicted octanol–water partition coefficient (Wildman–Crippen LogP) is 2.91. The van der Waals surface area contributed by atoms with Gasteiger partial charge in [0, 0.05) is 25.9 Å². The van der Waals surface area contributed by atoms with Crippen molar-refractivity contribution in [3.05, 3.63) is 11.5 Å². The Morgan fingerprint density at radius 3 is 2.74 bits per heavy atom. The van der Waals surface area contributed by atoms with Crippen molar-refractivity contribution in [2.45, 2.75) is 45.6 Å². The maximum atomic E-state index is 5.92. The fraction of sp³-hybridized carbons (Fsp3) is 0.714. The van der Waals surface area contributed by atoms with E-state index in [-0.39, 0.29) is 0 Å². The van der Waals surface area contributed by atoms with Gasteiger partial charge in [-0.3, -0.25) is 4.68 Å². The van der Waals surface area contributed by atoms with Gasteiger partial charge in [-0.25, -0.2) is 4.98 Å². The molecule has 1 fully saturated rings. The average Bonchev–Trinajstić information content (AvgIpc) is 2.83. The van der Waals surface area contributed by atoms with E-state index >= 15 is 0 Å². The summed E-state index contributed by atoms with van der Waals surface area (Å²) in [5, 5.41) is 4.58. The second-order valence-corrected chi connectivity index (χ2v) is 5.85. The second kappa shape index (κ2) is 5.16. The molecule has 0 aliphatic heterocycles. The first-order valence-electron chi connectivity index (χ1n) is 7.21. The zero-order valence-corrected chi connectivity index (χ0v) is 12.4. The highest BCUT2D eigenvalue weighted by atomic mass is 35.5. The molecule has 0 bridgehead atoms. The minimum absolute atomic E-state index is 0.628. The number of aryl methyl sites for hydroxylation is 3. The Bertz CT molecular complexity index is 580. The summed E-state index contributed by atoms with van der Waals surface area (Å²) in [6.45, 7) is 3.21. The van der Waals surface area contributed by atoms with E-state index in [1.54, 1.807) is 0 Å². The van der Waals surface area contributed by atoms with Crippen molar-refractivity contribution in [1.29, 1.82) is 0 Å². The highest BCUT2D eigenvalue weighted by molar-refractivity contribution is 6.17. The maximum absolute atomic E-state index is 5.92. The summed E-state index contributed by atoms with van der Waals surface area (Å²) in [7, 11) is 2.02. The predicted molar refractivity (Wildman–Crippen MR) is 77.6 cm³/mol. The van der Waals surface area contributed by atoms with Crippen molar-refractivity contribution < 1.29 is 0 Å². The summed E-state index contributed by atoms with van der Waals surface area (Å²) >= 11 is 5.92. The monoisotopic (exact) mass is 280 g/mol. The fourth-order valence-electron chi connectivity index (χ4n) is 2.93. The lowest BCUT2D eigenvalue weighted by Gasteiger charge is -2.26. The molecule has 19 heavy (non-hydrogen) atoms. The van der Waals surface area contributed by atoms with Gasteiger partial charge < -0.3 is 4.57 Å². The average molecular weight is 281 g/mol. The number of halogens is 1. The van der Waals surface area contributed by atoms with E-state index in [0.717, 1.165) is 42.3 Å². The minimum Gasteiger partial charge on any atom is -0.313 e. The van der Waals surface area contributed by atoms with Crippen LogP contribution in [0, 0.1) is 5.92 Å². The number of aromatic nitrogens is 4. The second-order valence-electron chi connectivity index (χ2n) is 5.47. The van der Waals surface area contributed by atoms with Crippen LogP contribution in [0.4, 0.5) is 0 Å². The smallest absolute Gasteiger partial charge is 0.158 e. The third-order valence-electron chi connectivity index (χ3n) is 4.19. The molecular formula is C14H21ClN4. The Labute approximate surface area is 118 Å². The number of alkyl halides is 1. The van der Waals surface area contributed by atoms with E-state index < -0.39 is 0 Å². The van der Waals surface area contributed by atoms with E-state index in [4.69, 9.17) is 16.6 Å². The van der Waals surface area contributed by atoms with Crippen molar-refractivity contribution in [1.82, 2.24) is 19.3 Å². The molecule has 0 aromatic carbocycles. The molecule has 3 rings (SSSR count). The van der Waals surface area contributed by atoms with Crippen molar-refractivity contribution in [2.75, 3.05) is 5.88 Å². The van der Waals surface area contributed by atoms with Crippen LogP contribution in [0.5, 0.6) is 0 Å². The van der Waals surface area contributed by atoms with Crippen LogP contribution in [0.2, 0.25) is 0 Å². The van der Waals surface area contributed by atoms with Crippen LogP contribution in [0.15, 0.2) is 0 Å². The summed E-state index contributed by atoms with van der Waals surface area (Å²) in [5.74, 6) is 2.56. The summed E-state index contributed by atoms with van der Waals surface area (Å²) in [4.78, 5) is 4.80. The first-order valence-corrected chi connectivity index (χ1v) is 7.75. The Morgan fingerprint density at radius 1 is 1.37 bits per heavy atom. The van der Waals surface area contributed by atoms with Gasteiger partial charge in [-0.15, -0.1) is 11.6 Å². The van der Waals surface area contributed by atoms with Crippen LogP contribution in [-0.4, -0.2) is 25.2 Å². The molecule has 2 heterocycles. The van der Waals surface area contributed by atoms with Gasteiger partial charge >= 0.3 is 0 Å². The lowest BCUT2D eigenvalue weighted by Crippen LogP contribution is -2.20. The van der Waals surface area contributed by atoms with Crippen molar-refractivity contribution >= 4 is 22.8 Å². The summed E-state index contributed by atoms with van der Waals surface area (Å²) in [6, 6.07) is 0. The number of rotatable bonds is 5. The van der Waals surface area contributed by atoms with Gasteiger partial charge in [-0.05, 0) is 25.2 Å². The topological polar surface area (TPSA) is 35.6 Å². The molecule has 0 saturated heterocycles. The van der Waals surface area contributed by atoms with Gasteiger partial charge in [0.25, 0.3) is 0 Å². The van der Waals surface area contributed by atoms with E-state index in [1.165, 1.54) is 24.9 Å². The van der Waals surface area contributed by atoms with Crippen LogP contribution >= 0.6 is 11.6 Å². The minimum atomic E-state index is 0.628. The summed E-state index contributed by atoms with van der Waals surface area (Å²) < 4.78 is 4.34. The molecule has 2 aromatic rings. The highest BCUT2D eigenvalue weighted by Crippen LogP contribution is 2.30. The van der Waals surface area contributed by atoms with Gasteiger partial charge in [0.15, 0.2) is 5.65 Å². The molecule has 2 aromatic heterocycles. The first-order chi connectivity index (χ1) is 9.24. The van der Waals surface area contributed by atoms with E-state index in [9.17, 15) is 0 Å². The Balaban J connectivity index is 2.07. The Morgan fingerprint density at radius 2 is 2.16 bits per heavy atom. The molecule has 4 nitrogen and oxygen atoms in total. The lowest BCUT2D eigenvalue weighted by atomic mass is 9.85. The molecule has 1 aliphatic carbocycles. The Hall–Kier alpha value is -1.03. The molecule has 0 unspecified atom stereocenters. The van der Waals surface area contributed by atoms with E-state index in [2.05, 4.69) is 16.6 Å². The standard InChI is InChI=1S/C14H21ClN4/c1-3-11-13-14(18(2)17-11)19(9-10-5-4-6-10)12(16-13)7-8-15/h10H,3-9H2,1-2H3. The van der Waals surface area contributed by atoms with Crippen molar-refractivity contribution in [3.63, 3.8) is 0 Å². The van der Waals surface area contributed by atoms with Crippen molar-refractivity contribution in [3.8, 4) is 0 Å². The third-order valence-corrected chi connectivity index (χ3v) is 4.38. The molecule has 104 valence electrons. The molecule has 0 radical (unpaired) electrons. The van der Waals surface area contributed by atoms with Gasteiger partial charge in [0.05, 0.1) is 5.69 Å². The SMILES string of the molecule is CCc1nn(C)c2c1nc(CCCl)n2CC1CCC1. The maximum Gasteiger partial charge on any atom is 0.158 e. The highest BCUT2D eigenvalue weighted by Gasteiger charge is 2.23. The number of hydrogen-bond donors (Lipinski definition) is 0. The van der Waals surface area contributed by atoms with Gasteiger partial charge in [0.1, 0.15) is 11.3 Å². The molecule has 0 N–H and O–H groups in total.